The third-order valence-corrected chi connectivity index (χ3v) is 9.31. The van der Waals surface area contributed by atoms with Crippen molar-refractivity contribution in [3.05, 3.63) is 176 Å². The summed E-state index contributed by atoms with van der Waals surface area (Å²) in [5.74, 6) is 0.971. The predicted octanol–water partition coefficient (Wildman–Crippen LogP) is 11.7. The monoisotopic (exact) mass is 629 g/mol. The minimum Gasteiger partial charge on any atom is -0.456 e. The number of fused-ring (bicyclic) bond motifs is 3. The van der Waals surface area contributed by atoms with Crippen molar-refractivity contribution in [1.82, 2.24) is 15.0 Å². The molecule has 0 amide bonds. The highest BCUT2D eigenvalue weighted by atomic mass is 16.3. The number of rotatable bonds is 6. The van der Waals surface area contributed by atoms with Gasteiger partial charge in [-0.15, -0.1) is 0 Å². The molecule has 3 aromatic heterocycles. The molecule has 1 unspecified atom stereocenters. The lowest BCUT2D eigenvalue weighted by atomic mass is 9.91. The Bertz CT molecular complexity index is 2510. The highest BCUT2D eigenvalue weighted by Crippen LogP contribution is 2.39. The van der Waals surface area contributed by atoms with Gasteiger partial charge in [0.2, 0.25) is 0 Å². The Hall–Kier alpha value is -6.39. The van der Waals surface area contributed by atoms with Crippen molar-refractivity contribution in [1.29, 1.82) is 0 Å². The fraction of sp³-hybridized carbons (Fsp3) is 0.0444. The van der Waals surface area contributed by atoms with E-state index in [-0.39, 0.29) is 0 Å². The molecule has 4 nitrogen and oxygen atoms in total. The third kappa shape index (κ3) is 5.43. The van der Waals surface area contributed by atoms with Gasteiger partial charge in [-0.3, -0.25) is 4.98 Å². The van der Waals surface area contributed by atoms with Gasteiger partial charge < -0.3 is 4.42 Å². The number of furan rings is 1. The molecule has 232 valence electrons. The van der Waals surface area contributed by atoms with Crippen molar-refractivity contribution in [2.75, 3.05) is 0 Å². The van der Waals surface area contributed by atoms with Crippen LogP contribution in [0.15, 0.2) is 174 Å². The second-order valence-electron chi connectivity index (χ2n) is 12.4. The van der Waals surface area contributed by atoms with Crippen molar-refractivity contribution in [2.45, 2.75) is 12.3 Å². The van der Waals surface area contributed by atoms with Crippen LogP contribution in [0.5, 0.6) is 0 Å². The number of benzene rings is 5. The van der Waals surface area contributed by atoms with E-state index < -0.39 is 0 Å². The summed E-state index contributed by atoms with van der Waals surface area (Å²) in [6.45, 7) is 0. The number of hydrogen-bond acceptors (Lipinski definition) is 4. The molecule has 1 atom stereocenters. The lowest BCUT2D eigenvalue weighted by Gasteiger charge is -2.13. The van der Waals surface area contributed by atoms with E-state index in [0.29, 0.717) is 11.7 Å². The molecule has 0 fully saturated rings. The molecule has 0 radical (unpaired) electrons. The minimum absolute atomic E-state index is 0.302. The SMILES string of the molecule is C1=CCC(c2cccc3c2oc2cc(-c4ncccc4-c4cc(-c5ccc(-c6ccccc6)cc5)nc(-c5ccccc5)n4)ccc23)C=C1. The summed E-state index contributed by atoms with van der Waals surface area (Å²) in [6, 6.07) is 48.2. The topological polar surface area (TPSA) is 51.8 Å². The van der Waals surface area contributed by atoms with Crippen molar-refractivity contribution >= 4 is 21.9 Å². The van der Waals surface area contributed by atoms with Crippen LogP contribution in [0.3, 0.4) is 0 Å². The molecule has 0 saturated heterocycles. The maximum Gasteiger partial charge on any atom is 0.160 e. The van der Waals surface area contributed by atoms with Gasteiger partial charge in [-0.1, -0.05) is 133 Å². The average Bonchev–Trinajstić information content (AvgIpc) is 3.57. The van der Waals surface area contributed by atoms with Crippen molar-refractivity contribution < 1.29 is 4.42 Å². The molecule has 5 aromatic carbocycles. The summed E-state index contributed by atoms with van der Waals surface area (Å²) in [5, 5.41) is 2.23. The molecule has 49 heavy (non-hydrogen) atoms. The molecular formula is C45H31N3O. The van der Waals surface area contributed by atoms with Crippen LogP contribution in [0, 0.1) is 0 Å². The highest BCUT2D eigenvalue weighted by molar-refractivity contribution is 6.07. The van der Waals surface area contributed by atoms with Gasteiger partial charge in [-0.25, -0.2) is 9.97 Å². The molecule has 0 aliphatic heterocycles. The molecule has 0 spiro atoms. The van der Waals surface area contributed by atoms with Gasteiger partial charge in [0.15, 0.2) is 5.82 Å². The number of hydrogen-bond donors (Lipinski definition) is 0. The molecule has 1 aliphatic carbocycles. The van der Waals surface area contributed by atoms with E-state index in [1.165, 1.54) is 11.1 Å². The molecular weight excluding hydrogens is 599 g/mol. The lowest BCUT2D eigenvalue weighted by Crippen LogP contribution is -1.98. The van der Waals surface area contributed by atoms with Gasteiger partial charge in [0.1, 0.15) is 11.2 Å². The van der Waals surface area contributed by atoms with Crippen LogP contribution in [-0.2, 0) is 0 Å². The number of nitrogens with zero attached hydrogens (tertiary/aromatic N) is 3. The number of pyridine rings is 1. The van der Waals surface area contributed by atoms with E-state index in [0.717, 1.165) is 73.3 Å². The van der Waals surface area contributed by atoms with Crippen LogP contribution >= 0.6 is 0 Å². The molecule has 1 aliphatic rings. The predicted molar refractivity (Wildman–Crippen MR) is 200 cm³/mol. The zero-order valence-electron chi connectivity index (χ0n) is 26.7. The zero-order chi connectivity index (χ0) is 32.6. The van der Waals surface area contributed by atoms with E-state index in [4.69, 9.17) is 19.4 Å². The largest absolute Gasteiger partial charge is 0.456 e. The quantitative estimate of drug-likeness (QED) is 0.184. The van der Waals surface area contributed by atoms with Crippen molar-refractivity contribution in [2.24, 2.45) is 0 Å². The van der Waals surface area contributed by atoms with Crippen LogP contribution in [0.2, 0.25) is 0 Å². The summed E-state index contributed by atoms with van der Waals surface area (Å²) < 4.78 is 6.63. The first-order valence-electron chi connectivity index (χ1n) is 16.6. The molecule has 0 saturated carbocycles. The maximum absolute atomic E-state index is 6.63. The van der Waals surface area contributed by atoms with Gasteiger partial charge in [0, 0.05) is 50.7 Å². The molecule has 0 bridgehead atoms. The third-order valence-electron chi connectivity index (χ3n) is 9.31. The Kier molecular flexibility index (Phi) is 7.25. The smallest absolute Gasteiger partial charge is 0.160 e. The Balaban J connectivity index is 1.16. The van der Waals surface area contributed by atoms with Crippen LogP contribution in [0.4, 0.5) is 0 Å². The Labute approximate surface area is 284 Å². The van der Waals surface area contributed by atoms with Crippen LogP contribution < -0.4 is 0 Å². The van der Waals surface area contributed by atoms with Crippen molar-refractivity contribution in [3.63, 3.8) is 0 Å². The summed E-state index contributed by atoms with van der Waals surface area (Å²) in [6.07, 6.45) is 11.5. The Morgan fingerprint density at radius 1 is 0.551 bits per heavy atom. The molecule has 0 N–H and O–H groups in total. The fourth-order valence-electron chi connectivity index (χ4n) is 6.83. The number of allylic oxidation sites excluding steroid dienone is 4. The van der Waals surface area contributed by atoms with Gasteiger partial charge >= 0.3 is 0 Å². The fourth-order valence-corrected chi connectivity index (χ4v) is 6.83. The first kappa shape index (κ1) is 28.8. The zero-order valence-corrected chi connectivity index (χ0v) is 26.7. The summed E-state index contributed by atoms with van der Waals surface area (Å²) in [5.41, 5.74) is 11.7. The standard InChI is InChI=1S/C45H31N3O/c1-4-12-30(13-5-1)31-21-23-33(24-22-31)40-29-41(48-45(47-40)34-16-8-3-9-17-34)39-20-11-27-46-43(39)35-25-26-37-38-19-10-18-36(32-14-6-2-7-15-32)44(38)49-42(37)28-35/h1-14,16-29,32H,15H2. The van der Waals surface area contributed by atoms with E-state index in [1.54, 1.807) is 0 Å². The van der Waals surface area contributed by atoms with E-state index in [1.807, 2.05) is 36.5 Å². The van der Waals surface area contributed by atoms with E-state index in [9.17, 15) is 0 Å². The average molecular weight is 630 g/mol. The van der Waals surface area contributed by atoms with Gasteiger partial charge in [0.05, 0.1) is 17.1 Å². The Morgan fingerprint density at radius 2 is 1.29 bits per heavy atom. The van der Waals surface area contributed by atoms with E-state index >= 15 is 0 Å². The molecule has 4 heteroatoms. The van der Waals surface area contributed by atoms with Gasteiger partial charge in [-0.05, 0) is 47.9 Å². The van der Waals surface area contributed by atoms with E-state index in [2.05, 4.69) is 133 Å². The second-order valence-corrected chi connectivity index (χ2v) is 12.4. The lowest BCUT2D eigenvalue weighted by molar-refractivity contribution is 0.657. The Morgan fingerprint density at radius 3 is 2.08 bits per heavy atom. The number of para-hydroxylation sites is 1. The summed E-state index contributed by atoms with van der Waals surface area (Å²) in [7, 11) is 0. The molecule has 8 aromatic rings. The van der Waals surface area contributed by atoms with Crippen molar-refractivity contribution in [3.8, 4) is 56.3 Å². The maximum atomic E-state index is 6.63. The van der Waals surface area contributed by atoms with Crippen LogP contribution in [-0.4, -0.2) is 15.0 Å². The van der Waals surface area contributed by atoms with Gasteiger partial charge in [0.25, 0.3) is 0 Å². The molecule has 3 heterocycles. The highest BCUT2D eigenvalue weighted by Gasteiger charge is 2.19. The summed E-state index contributed by atoms with van der Waals surface area (Å²) >= 11 is 0. The molecule has 9 rings (SSSR count). The number of aromatic nitrogens is 3. The van der Waals surface area contributed by atoms with Gasteiger partial charge in [-0.2, -0.15) is 0 Å². The second kappa shape index (κ2) is 12.3. The first-order valence-corrected chi connectivity index (χ1v) is 16.6. The van der Waals surface area contributed by atoms with Crippen LogP contribution in [0.25, 0.3) is 78.2 Å². The minimum atomic E-state index is 0.302. The van der Waals surface area contributed by atoms with Crippen LogP contribution in [0.1, 0.15) is 17.9 Å². The first-order chi connectivity index (χ1) is 24.3. The normalized spacial score (nSPS) is 14.1. The summed E-state index contributed by atoms with van der Waals surface area (Å²) in [4.78, 5) is 15.1.